The molecule has 1 aromatic carbocycles. The van der Waals surface area contributed by atoms with Crippen LogP contribution >= 0.6 is 0 Å². The van der Waals surface area contributed by atoms with Gasteiger partial charge in [-0.1, -0.05) is 6.07 Å². The normalized spacial score (nSPS) is 15.5. The van der Waals surface area contributed by atoms with E-state index >= 15 is 0 Å². The molecule has 6 nitrogen and oxygen atoms in total. The number of nitrogens with zero attached hydrogens (tertiary/aromatic N) is 1. The van der Waals surface area contributed by atoms with Crippen molar-refractivity contribution in [3.8, 4) is 17.6 Å². The standard InChI is InChI=1S/C17H22N2O4/c1-3-22-17(20)19-14(11-18)12-8-9-15(21-2)16(10-12)23-13-6-4-5-7-13/h8-10,13-14H,3-7H2,1-2H3,(H,19,20). The lowest BCUT2D eigenvalue weighted by Crippen LogP contribution is -2.28. The Morgan fingerprint density at radius 3 is 2.74 bits per heavy atom. The first kappa shape index (κ1) is 16.9. The fraction of sp³-hybridized carbons (Fsp3) is 0.529. The number of nitriles is 1. The Hall–Kier alpha value is -2.42. The van der Waals surface area contributed by atoms with Gasteiger partial charge >= 0.3 is 6.09 Å². The molecule has 6 heteroatoms. The van der Waals surface area contributed by atoms with Gasteiger partial charge < -0.3 is 19.5 Å². The maximum atomic E-state index is 11.5. The first-order valence-electron chi connectivity index (χ1n) is 7.85. The van der Waals surface area contributed by atoms with Crippen LogP contribution in [0, 0.1) is 11.3 Å². The third-order valence-corrected chi connectivity index (χ3v) is 3.78. The van der Waals surface area contributed by atoms with Crippen LogP contribution in [-0.4, -0.2) is 25.9 Å². The minimum Gasteiger partial charge on any atom is -0.493 e. The topological polar surface area (TPSA) is 80.6 Å². The largest absolute Gasteiger partial charge is 0.493 e. The van der Waals surface area contributed by atoms with E-state index in [0.29, 0.717) is 17.1 Å². The van der Waals surface area contributed by atoms with Crippen molar-refractivity contribution >= 4 is 6.09 Å². The van der Waals surface area contributed by atoms with Crippen LogP contribution in [-0.2, 0) is 4.74 Å². The van der Waals surface area contributed by atoms with Crippen LogP contribution in [0.25, 0.3) is 0 Å². The molecule has 1 aliphatic rings. The second-order valence-corrected chi connectivity index (χ2v) is 5.36. The number of benzene rings is 1. The fourth-order valence-electron chi connectivity index (χ4n) is 2.63. The lowest BCUT2D eigenvalue weighted by atomic mass is 10.1. The van der Waals surface area contributed by atoms with Crippen LogP contribution in [0.15, 0.2) is 18.2 Å². The van der Waals surface area contributed by atoms with E-state index in [-0.39, 0.29) is 12.7 Å². The average Bonchev–Trinajstić information content (AvgIpc) is 3.06. The second-order valence-electron chi connectivity index (χ2n) is 5.36. The van der Waals surface area contributed by atoms with E-state index in [1.165, 1.54) is 0 Å². The van der Waals surface area contributed by atoms with Crippen molar-refractivity contribution < 1.29 is 19.0 Å². The van der Waals surface area contributed by atoms with Crippen molar-refractivity contribution in [2.45, 2.75) is 44.8 Å². The predicted molar refractivity (Wildman–Crippen MR) is 84.4 cm³/mol. The van der Waals surface area contributed by atoms with Crippen molar-refractivity contribution in [1.29, 1.82) is 5.26 Å². The zero-order valence-electron chi connectivity index (χ0n) is 13.5. The molecule has 0 radical (unpaired) electrons. The van der Waals surface area contributed by atoms with Gasteiger partial charge in [0.2, 0.25) is 0 Å². The van der Waals surface area contributed by atoms with E-state index in [1.54, 1.807) is 32.2 Å². The molecule has 0 bridgehead atoms. The molecule has 0 saturated heterocycles. The van der Waals surface area contributed by atoms with E-state index in [2.05, 4.69) is 11.4 Å². The first-order valence-corrected chi connectivity index (χ1v) is 7.85. The predicted octanol–water partition coefficient (Wildman–Crippen LogP) is 3.33. The summed E-state index contributed by atoms with van der Waals surface area (Å²) in [4.78, 5) is 11.5. The molecule has 1 amide bonds. The summed E-state index contributed by atoms with van der Waals surface area (Å²) >= 11 is 0. The Bertz CT molecular complexity index is 576. The van der Waals surface area contributed by atoms with Crippen molar-refractivity contribution in [3.05, 3.63) is 23.8 Å². The Morgan fingerprint density at radius 2 is 2.13 bits per heavy atom. The lowest BCUT2D eigenvalue weighted by molar-refractivity contribution is 0.150. The minimum atomic E-state index is -0.800. The highest BCUT2D eigenvalue weighted by Crippen LogP contribution is 2.33. The molecule has 1 N–H and O–H groups in total. The molecule has 1 unspecified atom stereocenters. The van der Waals surface area contributed by atoms with Gasteiger partial charge in [0, 0.05) is 0 Å². The van der Waals surface area contributed by atoms with E-state index < -0.39 is 12.1 Å². The van der Waals surface area contributed by atoms with E-state index in [9.17, 15) is 10.1 Å². The summed E-state index contributed by atoms with van der Waals surface area (Å²) in [6.45, 7) is 1.96. The fourth-order valence-corrected chi connectivity index (χ4v) is 2.63. The van der Waals surface area contributed by atoms with Crippen LogP contribution in [0.3, 0.4) is 0 Å². The number of carbonyl (C=O) groups is 1. The van der Waals surface area contributed by atoms with Crippen LogP contribution in [0.1, 0.15) is 44.2 Å². The number of alkyl carbamates (subject to hydrolysis) is 1. The van der Waals surface area contributed by atoms with Gasteiger partial charge in [-0.05, 0) is 50.3 Å². The van der Waals surface area contributed by atoms with Crippen molar-refractivity contribution in [2.24, 2.45) is 0 Å². The molecule has 0 spiro atoms. The maximum absolute atomic E-state index is 11.5. The number of amides is 1. The molecule has 0 aromatic heterocycles. The van der Waals surface area contributed by atoms with Gasteiger partial charge in [0.05, 0.1) is 25.9 Å². The summed E-state index contributed by atoms with van der Waals surface area (Å²) in [7, 11) is 1.58. The summed E-state index contributed by atoms with van der Waals surface area (Å²) < 4.78 is 16.2. The number of hydrogen-bond acceptors (Lipinski definition) is 5. The third-order valence-electron chi connectivity index (χ3n) is 3.78. The smallest absolute Gasteiger partial charge is 0.408 e. The van der Waals surface area contributed by atoms with Crippen LogP contribution in [0.4, 0.5) is 4.79 Å². The number of ether oxygens (including phenoxy) is 3. The lowest BCUT2D eigenvalue weighted by Gasteiger charge is -2.18. The number of nitrogens with one attached hydrogen (secondary N) is 1. The number of carbonyl (C=O) groups excluding carboxylic acids is 1. The quantitative estimate of drug-likeness (QED) is 0.870. The number of methoxy groups -OCH3 is 1. The van der Waals surface area contributed by atoms with Gasteiger partial charge in [-0.25, -0.2) is 4.79 Å². The average molecular weight is 318 g/mol. The number of rotatable bonds is 6. The molecule has 23 heavy (non-hydrogen) atoms. The molecule has 1 aromatic rings. The molecule has 1 saturated carbocycles. The molecule has 0 aliphatic heterocycles. The summed E-state index contributed by atoms with van der Waals surface area (Å²) in [6, 6.07) is 6.49. The van der Waals surface area contributed by atoms with Gasteiger partial charge in [0.1, 0.15) is 6.04 Å². The van der Waals surface area contributed by atoms with Crippen molar-refractivity contribution in [3.63, 3.8) is 0 Å². The zero-order valence-corrected chi connectivity index (χ0v) is 13.5. The Balaban J connectivity index is 2.17. The van der Waals surface area contributed by atoms with Crippen LogP contribution in [0.5, 0.6) is 11.5 Å². The molecule has 1 atom stereocenters. The van der Waals surface area contributed by atoms with E-state index in [1.807, 2.05) is 0 Å². The maximum Gasteiger partial charge on any atom is 0.408 e. The molecule has 1 fully saturated rings. The molecule has 1 aliphatic carbocycles. The van der Waals surface area contributed by atoms with Crippen molar-refractivity contribution in [1.82, 2.24) is 5.32 Å². The summed E-state index contributed by atoms with van der Waals surface area (Å²) in [6.07, 6.45) is 3.94. The zero-order chi connectivity index (χ0) is 16.7. The van der Waals surface area contributed by atoms with Gasteiger partial charge in [-0.15, -0.1) is 0 Å². The first-order chi connectivity index (χ1) is 11.2. The molecule has 124 valence electrons. The van der Waals surface area contributed by atoms with Crippen LogP contribution in [0.2, 0.25) is 0 Å². The molecular weight excluding hydrogens is 296 g/mol. The highest BCUT2D eigenvalue weighted by atomic mass is 16.5. The Kier molecular flexibility index (Phi) is 6.10. The van der Waals surface area contributed by atoms with Gasteiger partial charge in [-0.3, -0.25) is 0 Å². The molecule has 0 heterocycles. The third kappa shape index (κ3) is 4.52. The second kappa shape index (κ2) is 8.28. The Labute approximate surface area is 136 Å². The van der Waals surface area contributed by atoms with E-state index in [0.717, 1.165) is 25.7 Å². The molecular formula is C17H22N2O4. The summed E-state index contributed by atoms with van der Waals surface area (Å²) in [5, 5.41) is 11.8. The van der Waals surface area contributed by atoms with Crippen LogP contribution < -0.4 is 14.8 Å². The number of hydrogen-bond donors (Lipinski definition) is 1. The Morgan fingerprint density at radius 1 is 1.39 bits per heavy atom. The highest BCUT2D eigenvalue weighted by molar-refractivity contribution is 5.68. The highest BCUT2D eigenvalue weighted by Gasteiger charge is 2.21. The van der Waals surface area contributed by atoms with Gasteiger partial charge in [0.25, 0.3) is 0 Å². The SMILES string of the molecule is CCOC(=O)NC(C#N)c1ccc(OC)c(OC2CCCC2)c1. The monoisotopic (exact) mass is 318 g/mol. The van der Waals surface area contributed by atoms with Gasteiger partial charge in [0.15, 0.2) is 11.5 Å². The minimum absolute atomic E-state index is 0.178. The summed E-state index contributed by atoms with van der Waals surface area (Å²) in [5.41, 5.74) is 0.634. The van der Waals surface area contributed by atoms with Gasteiger partial charge in [-0.2, -0.15) is 5.26 Å². The van der Waals surface area contributed by atoms with E-state index in [4.69, 9.17) is 14.2 Å². The molecule has 2 rings (SSSR count). The summed E-state index contributed by atoms with van der Waals surface area (Å²) in [5.74, 6) is 1.22. The van der Waals surface area contributed by atoms with Crippen molar-refractivity contribution in [2.75, 3.05) is 13.7 Å².